The Balaban J connectivity index is 1.65. The summed E-state index contributed by atoms with van der Waals surface area (Å²) in [6.07, 6.45) is 1.53. The second kappa shape index (κ2) is 10.5. The predicted octanol–water partition coefficient (Wildman–Crippen LogP) is 5.01. The molecule has 0 bridgehead atoms. The third kappa shape index (κ3) is 5.99. The number of halogens is 1. The van der Waals surface area contributed by atoms with E-state index < -0.39 is 0 Å². The first-order chi connectivity index (χ1) is 15.0. The smallest absolute Gasteiger partial charge is 0.275 e. The topological polar surface area (TPSA) is 69.2 Å². The number of nitrogens with one attached hydrogen (secondary N) is 1. The van der Waals surface area contributed by atoms with E-state index in [0.29, 0.717) is 34.4 Å². The summed E-state index contributed by atoms with van der Waals surface area (Å²) < 4.78 is 16.5. The fraction of sp³-hybridized carbons (Fsp3) is 0.167. The molecular formula is C24H23ClN2O4. The van der Waals surface area contributed by atoms with Gasteiger partial charge in [0.2, 0.25) is 0 Å². The number of hydrazone groups is 1. The molecule has 0 aliphatic heterocycles. The predicted molar refractivity (Wildman–Crippen MR) is 122 cm³/mol. The molecule has 3 aromatic carbocycles. The number of hydrogen-bond donors (Lipinski definition) is 1. The standard InChI is InChI=1S/C24H23ClN2O4/c1-16-7-9-20(22(11-16)29-2)24(28)27-26-14-17-8-10-21(23(13-17)30-3)31-15-18-5-4-6-19(25)12-18/h4-14H,15H2,1-3H3,(H,27,28)/b26-14-. The number of ether oxygens (including phenoxy) is 3. The summed E-state index contributed by atoms with van der Waals surface area (Å²) in [5.41, 5.74) is 5.62. The number of amides is 1. The molecule has 160 valence electrons. The zero-order chi connectivity index (χ0) is 22.2. The van der Waals surface area contributed by atoms with Crippen LogP contribution in [-0.2, 0) is 6.61 Å². The van der Waals surface area contributed by atoms with Crippen molar-refractivity contribution in [1.82, 2.24) is 5.43 Å². The van der Waals surface area contributed by atoms with Crippen LogP contribution in [0.15, 0.2) is 65.8 Å². The molecule has 0 aromatic heterocycles. The van der Waals surface area contributed by atoms with Gasteiger partial charge in [-0.25, -0.2) is 5.43 Å². The van der Waals surface area contributed by atoms with E-state index in [2.05, 4.69) is 10.5 Å². The van der Waals surface area contributed by atoms with Crippen molar-refractivity contribution in [2.75, 3.05) is 14.2 Å². The summed E-state index contributed by atoms with van der Waals surface area (Å²) in [5.74, 6) is 1.28. The molecule has 0 aliphatic rings. The van der Waals surface area contributed by atoms with E-state index >= 15 is 0 Å². The van der Waals surface area contributed by atoms with Crippen LogP contribution in [0.4, 0.5) is 0 Å². The Morgan fingerprint density at radius 3 is 2.55 bits per heavy atom. The molecule has 0 spiro atoms. The number of aryl methyl sites for hydroxylation is 1. The van der Waals surface area contributed by atoms with E-state index in [1.54, 1.807) is 31.4 Å². The Morgan fingerprint density at radius 2 is 1.81 bits per heavy atom. The Hall–Kier alpha value is -3.51. The molecule has 0 radical (unpaired) electrons. The molecule has 0 heterocycles. The van der Waals surface area contributed by atoms with E-state index in [1.807, 2.05) is 43.3 Å². The Labute approximate surface area is 186 Å². The van der Waals surface area contributed by atoms with E-state index in [1.165, 1.54) is 13.3 Å². The molecule has 0 unspecified atom stereocenters. The average molecular weight is 439 g/mol. The van der Waals surface area contributed by atoms with Gasteiger partial charge in [-0.3, -0.25) is 4.79 Å². The molecule has 0 fully saturated rings. The minimum Gasteiger partial charge on any atom is -0.496 e. The van der Waals surface area contributed by atoms with Crippen LogP contribution in [0.3, 0.4) is 0 Å². The van der Waals surface area contributed by atoms with Crippen molar-refractivity contribution in [3.05, 3.63) is 87.9 Å². The maximum atomic E-state index is 12.4. The van der Waals surface area contributed by atoms with E-state index in [-0.39, 0.29) is 5.91 Å². The number of rotatable bonds is 8. The maximum Gasteiger partial charge on any atom is 0.275 e. The Morgan fingerprint density at radius 1 is 1.00 bits per heavy atom. The van der Waals surface area contributed by atoms with Gasteiger partial charge in [-0.05, 0) is 66.1 Å². The summed E-state index contributed by atoms with van der Waals surface area (Å²) in [7, 11) is 3.09. The van der Waals surface area contributed by atoms with Crippen LogP contribution in [0.1, 0.15) is 27.0 Å². The minimum absolute atomic E-state index is 0.360. The number of benzene rings is 3. The van der Waals surface area contributed by atoms with Gasteiger partial charge in [-0.1, -0.05) is 29.8 Å². The van der Waals surface area contributed by atoms with Gasteiger partial charge in [-0.2, -0.15) is 5.10 Å². The van der Waals surface area contributed by atoms with Crippen LogP contribution in [-0.4, -0.2) is 26.3 Å². The molecule has 0 saturated heterocycles. The van der Waals surface area contributed by atoms with Crippen LogP contribution in [0, 0.1) is 6.92 Å². The molecule has 0 saturated carbocycles. The van der Waals surface area contributed by atoms with Crippen LogP contribution >= 0.6 is 11.6 Å². The molecular weight excluding hydrogens is 416 g/mol. The van der Waals surface area contributed by atoms with Crippen molar-refractivity contribution in [3.63, 3.8) is 0 Å². The highest BCUT2D eigenvalue weighted by atomic mass is 35.5. The van der Waals surface area contributed by atoms with Gasteiger partial charge >= 0.3 is 0 Å². The summed E-state index contributed by atoms with van der Waals surface area (Å²) in [6.45, 7) is 2.29. The molecule has 0 aliphatic carbocycles. The largest absolute Gasteiger partial charge is 0.496 e. The van der Waals surface area contributed by atoms with Gasteiger partial charge in [0.1, 0.15) is 12.4 Å². The van der Waals surface area contributed by atoms with Crippen LogP contribution in [0.25, 0.3) is 0 Å². The number of carbonyl (C=O) groups is 1. The summed E-state index contributed by atoms with van der Waals surface area (Å²) in [5, 5.41) is 4.69. The molecule has 0 atom stereocenters. The van der Waals surface area contributed by atoms with Crippen LogP contribution in [0.5, 0.6) is 17.2 Å². The fourth-order valence-electron chi connectivity index (χ4n) is 2.88. The van der Waals surface area contributed by atoms with E-state index in [0.717, 1.165) is 16.7 Å². The fourth-order valence-corrected chi connectivity index (χ4v) is 3.10. The maximum absolute atomic E-state index is 12.4. The monoisotopic (exact) mass is 438 g/mol. The van der Waals surface area contributed by atoms with Gasteiger partial charge in [0, 0.05) is 5.02 Å². The van der Waals surface area contributed by atoms with Crippen molar-refractivity contribution >= 4 is 23.7 Å². The molecule has 1 amide bonds. The lowest BCUT2D eigenvalue weighted by Gasteiger charge is -2.11. The minimum atomic E-state index is -0.360. The number of carbonyl (C=O) groups excluding carboxylic acids is 1. The molecule has 6 nitrogen and oxygen atoms in total. The molecule has 1 N–H and O–H groups in total. The lowest BCUT2D eigenvalue weighted by Crippen LogP contribution is -2.18. The van der Waals surface area contributed by atoms with Crippen molar-refractivity contribution < 1.29 is 19.0 Å². The highest BCUT2D eigenvalue weighted by molar-refractivity contribution is 6.30. The second-order valence-corrected chi connectivity index (χ2v) is 7.17. The van der Waals surface area contributed by atoms with Crippen molar-refractivity contribution in [1.29, 1.82) is 0 Å². The van der Waals surface area contributed by atoms with Gasteiger partial charge in [0.15, 0.2) is 11.5 Å². The third-order valence-corrected chi connectivity index (χ3v) is 4.69. The van der Waals surface area contributed by atoms with Gasteiger partial charge < -0.3 is 14.2 Å². The van der Waals surface area contributed by atoms with Crippen molar-refractivity contribution in [3.8, 4) is 17.2 Å². The molecule has 3 rings (SSSR count). The third-order valence-electron chi connectivity index (χ3n) is 4.45. The Kier molecular flexibility index (Phi) is 7.51. The zero-order valence-corrected chi connectivity index (χ0v) is 18.3. The van der Waals surface area contributed by atoms with E-state index in [9.17, 15) is 4.79 Å². The normalized spacial score (nSPS) is 10.7. The van der Waals surface area contributed by atoms with Crippen molar-refractivity contribution in [2.45, 2.75) is 13.5 Å². The van der Waals surface area contributed by atoms with Gasteiger partial charge in [-0.15, -0.1) is 0 Å². The summed E-state index contributed by atoms with van der Waals surface area (Å²) in [4.78, 5) is 12.4. The first kappa shape index (κ1) is 22.2. The van der Waals surface area contributed by atoms with Gasteiger partial charge in [0.25, 0.3) is 5.91 Å². The first-order valence-corrected chi connectivity index (χ1v) is 9.91. The van der Waals surface area contributed by atoms with Crippen molar-refractivity contribution in [2.24, 2.45) is 5.10 Å². The average Bonchev–Trinajstić information content (AvgIpc) is 2.77. The number of nitrogens with zero attached hydrogens (tertiary/aromatic N) is 1. The SMILES string of the molecule is COc1cc(/C=N\NC(=O)c2ccc(C)cc2OC)ccc1OCc1cccc(Cl)c1. The number of hydrogen-bond acceptors (Lipinski definition) is 5. The second-order valence-electron chi connectivity index (χ2n) is 6.73. The first-order valence-electron chi connectivity index (χ1n) is 9.53. The van der Waals surface area contributed by atoms with Gasteiger partial charge in [0.05, 0.1) is 26.0 Å². The van der Waals surface area contributed by atoms with Crippen LogP contribution in [0.2, 0.25) is 5.02 Å². The van der Waals surface area contributed by atoms with E-state index in [4.69, 9.17) is 25.8 Å². The zero-order valence-electron chi connectivity index (χ0n) is 17.5. The summed E-state index contributed by atoms with van der Waals surface area (Å²) >= 11 is 6.01. The highest BCUT2D eigenvalue weighted by Gasteiger charge is 2.11. The quantitative estimate of drug-likeness (QED) is 0.396. The summed E-state index contributed by atoms with van der Waals surface area (Å²) in [6, 6.07) is 18.2. The molecule has 7 heteroatoms. The Bertz CT molecular complexity index is 1100. The molecule has 3 aromatic rings. The number of methoxy groups -OCH3 is 2. The van der Waals surface area contributed by atoms with Crippen LogP contribution < -0.4 is 19.6 Å². The lowest BCUT2D eigenvalue weighted by atomic mass is 10.1. The highest BCUT2D eigenvalue weighted by Crippen LogP contribution is 2.28. The lowest BCUT2D eigenvalue weighted by molar-refractivity contribution is 0.0952. The molecule has 31 heavy (non-hydrogen) atoms.